The number of benzene rings is 10. The van der Waals surface area contributed by atoms with Gasteiger partial charge in [0.2, 0.25) is 0 Å². The molecule has 388 valence electrons. The van der Waals surface area contributed by atoms with E-state index in [4.69, 9.17) is 0 Å². The zero-order chi connectivity index (χ0) is 54.3. The SMILES string of the molecule is CC1(C)c2cc(-c3ccc(-c4ccc5c(c4)c4ccccc4n5-c4ccc5c(c4)C(C)(C)c4ccccc4-5)s3)ccc2-c2ccc(C3CC=C(c4ccc5c(c4)c4ccccc4n5-c4ccc5c(c4)C(C)(C)c4ccccc4-5)S3)cc21. The van der Waals surface area contributed by atoms with Gasteiger partial charge < -0.3 is 9.13 Å². The molecule has 10 aromatic carbocycles. The van der Waals surface area contributed by atoms with E-state index in [1.54, 1.807) is 0 Å². The van der Waals surface area contributed by atoms with Crippen molar-refractivity contribution in [2.24, 2.45) is 0 Å². The lowest BCUT2D eigenvalue weighted by Crippen LogP contribution is -2.15. The minimum atomic E-state index is -0.133. The van der Waals surface area contributed by atoms with Gasteiger partial charge in [-0.2, -0.15) is 0 Å². The van der Waals surface area contributed by atoms with Gasteiger partial charge in [-0.1, -0.05) is 187 Å². The molecule has 0 bridgehead atoms. The summed E-state index contributed by atoms with van der Waals surface area (Å²) in [7, 11) is 0. The first-order valence-corrected chi connectivity index (χ1v) is 30.4. The van der Waals surface area contributed by atoms with E-state index in [1.165, 1.54) is 159 Å². The first kappa shape index (κ1) is 47.4. The summed E-state index contributed by atoms with van der Waals surface area (Å²) in [6.45, 7) is 14.3. The molecule has 13 aromatic rings. The maximum Gasteiger partial charge on any atom is 0.0541 e. The fourth-order valence-corrected chi connectivity index (χ4v) is 17.3. The number of thiophene rings is 1. The molecule has 3 aliphatic carbocycles. The minimum Gasteiger partial charge on any atom is -0.309 e. The number of aromatic nitrogens is 2. The quantitative estimate of drug-likeness (QED) is 0.161. The van der Waals surface area contributed by atoms with Gasteiger partial charge in [-0.25, -0.2) is 0 Å². The maximum atomic E-state index is 2.54. The van der Waals surface area contributed by atoms with Gasteiger partial charge in [0.05, 0.1) is 22.1 Å². The number of nitrogens with zero attached hydrogens (tertiary/aromatic N) is 2. The van der Waals surface area contributed by atoms with Crippen LogP contribution in [-0.4, -0.2) is 9.13 Å². The Kier molecular flexibility index (Phi) is 9.85. The highest BCUT2D eigenvalue weighted by molar-refractivity contribution is 8.08. The molecule has 81 heavy (non-hydrogen) atoms. The molecule has 0 saturated carbocycles. The van der Waals surface area contributed by atoms with E-state index in [0.717, 1.165) is 6.42 Å². The molecule has 0 fully saturated rings. The maximum absolute atomic E-state index is 2.54. The average molecular weight is 1080 g/mol. The Balaban J connectivity index is 0.639. The normalized spacial score (nSPS) is 16.7. The number of rotatable bonds is 6. The number of hydrogen-bond acceptors (Lipinski definition) is 2. The summed E-state index contributed by atoms with van der Waals surface area (Å²) in [5.74, 6) is 0. The summed E-state index contributed by atoms with van der Waals surface area (Å²) in [5, 5.41) is 5.52. The third-order valence-electron chi connectivity index (χ3n) is 19.3. The van der Waals surface area contributed by atoms with Gasteiger partial charge in [0, 0.05) is 69.1 Å². The molecule has 4 heteroatoms. The first-order valence-electron chi connectivity index (χ1n) is 28.7. The number of hydrogen-bond donors (Lipinski definition) is 0. The van der Waals surface area contributed by atoms with Crippen LogP contribution in [0.1, 0.15) is 97.7 Å². The minimum absolute atomic E-state index is 0.0591. The van der Waals surface area contributed by atoms with Crippen molar-refractivity contribution >= 4 is 71.6 Å². The third-order valence-corrected chi connectivity index (χ3v) is 21.9. The molecule has 0 amide bonds. The van der Waals surface area contributed by atoms with Gasteiger partial charge in [-0.3, -0.25) is 0 Å². The number of thioether (sulfide) groups is 1. The van der Waals surface area contributed by atoms with Gasteiger partial charge in [0.15, 0.2) is 0 Å². The first-order chi connectivity index (χ1) is 39.4. The Morgan fingerprint density at radius 3 is 1.36 bits per heavy atom. The summed E-state index contributed by atoms with van der Waals surface area (Å²) in [5.41, 5.74) is 29.0. The molecule has 0 radical (unpaired) electrons. The van der Waals surface area contributed by atoms with Crippen LogP contribution in [0, 0.1) is 0 Å². The van der Waals surface area contributed by atoms with E-state index in [0.29, 0.717) is 5.25 Å². The van der Waals surface area contributed by atoms with Gasteiger partial charge in [-0.05, 0) is 174 Å². The van der Waals surface area contributed by atoms with Crippen LogP contribution in [0.5, 0.6) is 0 Å². The summed E-state index contributed by atoms with van der Waals surface area (Å²) >= 11 is 3.92. The van der Waals surface area contributed by atoms with E-state index in [2.05, 4.69) is 275 Å². The van der Waals surface area contributed by atoms with Crippen molar-refractivity contribution in [2.75, 3.05) is 0 Å². The number of fused-ring (bicyclic) bond motifs is 15. The zero-order valence-corrected chi connectivity index (χ0v) is 48.0. The monoisotopic (exact) mass is 1070 g/mol. The molecule has 4 heterocycles. The summed E-state index contributed by atoms with van der Waals surface area (Å²) in [6, 6.07) is 83.4. The van der Waals surface area contributed by atoms with Crippen molar-refractivity contribution in [3.8, 4) is 65.6 Å². The lowest BCUT2D eigenvalue weighted by atomic mass is 9.81. The largest absolute Gasteiger partial charge is 0.309 e. The van der Waals surface area contributed by atoms with Crippen molar-refractivity contribution < 1.29 is 0 Å². The lowest BCUT2D eigenvalue weighted by Gasteiger charge is -2.23. The van der Waals surface area contributed by atoms with Crippen molar-refractivity contribution in [3.05, 3.63) is 269 Å². The number of para-hydroxylation sites is 2. The molecule has 0 N–H and O–H groups in total. The fourth-order valence-electron chi connectivity index (χ4n) is 15.1. The molecular weight excluding hydrogens is 1020 g/mol. The molecule has 1 atom stereocenters. The summed E-state index contributed by atoms with van der Waals surface area (Å²) < 4.78 is 4.95. The summed E-state index contributed by atoms with van der Waals surface area (Å²) in [6.07, 6.45) is 3.50. The van der Waals surface area contributed by atoms with Crippen molar-refractivity contribution in [1.82, 2.24) is 9.13 Å². The van der Waals surface area contributed by atoms with Crippen molar-refractivity contribution in [2.45, 2.75) is 69.5 Å². The summed E-state index contributed by atoms with van der Waals surface area (Å²) in [4.78, 5) is 3.95. The molecule has 2 nitrogen and oxygen atoms in total. The Labute approximate surface area is 481 Å². The average Bonchev–Trinajstić information content (AvgIpc) is 3.50. The predicted octanol–water partition coefficient (Wildman–Crippen LogP) is 21.4. The highest BCUT2D eigenvalue weighted by Gasteiger charge is 2.39. The Bertz CT molecular complexity index is 4930. The van der Waals surface area contributed by atoms with Crippen LogP contribution in [0.25, 0.3) is 114 Å². The molecule has 17 rings (SSSR count). The van der Waals surface area contributed by atoms with Crippen LogP contribution >= 0.6 is 23.1 Å². The fraction of sp³-hybridized carbons (Fsp3) is 0.143. The standard InChI is InChI=1S/C77H58N2S2/c1-75(2)61-19-11-7-15-51(61)55-31-27-49(43-65(55)75)78-67-21-13-9-17-57(67)59-39-45(25-33-69(59)78)71-35-37-73(80-71)47-23-29-53-54-30-24-48(42-64(54)77(5,6)63(53)41-47)74-38-36-72(81-74)46-26-34-70-60(40-46)58-18-10-14-22-68(58)79(70)50-28-32-56-52-16-8-12-20-62(52)76(3,4)66(56)44-50/h7-37,39-44,74H,38H2,1-6H3. The molecule has 0 saturated heterocycles. The molecule has 4 aliphatic rings. The van der Waals surface area contributed by atoms with E-state index in [-0.39, 0.29) is 16.2 Å². The topological polar surface area (TPSA) is 9.86 Å². The van der Waals surface area contributed by atoms with Crippen molar-refractivity contribution in [3.63, 3.8) is 0 Å². The predicted molar refractivity (Wildman–Crippen MR) is 346 cm³/mol. The highest BCUT2D eigenvalue weighted by Crippen LogP contribution is 2.56. The van der Waals surface area contributed by atoms with E-state index >= 15 is 0 Å². The lowest BCUT2D eigenvalue weighted by molar-refractivity contribution is 0.659. The highest BCUT2D eigenvalue weighted by atomic mass is 32.2. The Morgan fingerprint density at radius 2 is 0.765 bits per heavy atom. The second-order valence-electron chi connectivity index (χ2n) is 24.7. The second-order valence-corrected chi connectivity index (χ2v) is 27.1. The van der Waals surface area contributed by atoms with E-state index in [1.807, 2.05) is 23.1 Å². The zero-order valence-electron chi connectivity index (χ0n) is 46.4. The molecular formula is C77H58N2S2. The smallest absolute Gasteiger partial charge is 0.0541 e. The third kappa shape index (κ3) is 6.69. The van der Waals surface area contributed by atoms with Crippen LogP contribution in [0.3, 0.4) is 0 Å². The number of allylic oxidation sites excluding steroid dienone is 1. The second kappa shape index (κ2) is 16.8. The van der Waals surface area contributed by atoms with Gasteiger partial charge >= 0.3 is 0 Å². The van der Waals surface area contributed by atoms with E-state index in [9.17, 15) is 0 Å². The van der Waals surface area contributed by atoms with Crippen LogP contribution in [0.15, 0.2) is 224 Å². The van der Waals surface area contributed by atoms with Crippen LogP contribution < -0.4 is 0 Å². The molecule has 0 spiro atoms. The Morgan fingerprint density at radius 1 is 0.346 bits per heavy atom. The van der Waals surface area contributed by atoms with Gasteiger partial charge in [-0.15, -0.1) is 23.1 Å². The van der Waals surface area contributed by atoms with Crippen LogP contribution in [0.2, 0.25) is 0 Å². The van der Waals surface area contributed by atoms with Crippen molar-refractivity contribution in [1.29, 1.82) is 0 Å². The molecule has 1 unspecified atom stereocenters. The van der Waals surface area contributed by atoms with Gasteiger partial charge in [0.1, 0.15) is 0 Å². The van der Waals surface area contributed by atoms with E-state index < -0.39 is 0 Å². The van der Waals surface area contributed by atoms with Gasteiger partial charge in [0.25, 0.3) is 0 Å². The Hall–Kier alpha value is -8.41. The van der Waals surface area contributed by atoms with Crippen LogP contribution in [0.4, 0.5) is 0 Å². The van der Waals surface area contributed by atoms with Crippen LogP contribution in [-0.2, 0) is 16.2 Å². The molecule has 1 aliphatic heterocycles. The molecule has 3 aromatic heterocycles.